The molecule has 0 aromatic carbocycles. The molecule has 0 aromatic rings. The summed E-state index contributed by atoms with van der Waals surface area (Å²) in [6.45, 7) is 3.46. The molecule has 1 unspecified atom stereocenters. The lowest BCUT2D eigenvalue weighted by Crippen LogP contribution is -2.45. The van der Waals surface area contributed by atoms with Gasteiger partial charge in [0.2, 0.25) is 0 Å². The van der Waals surface area contributed by atoms with Gasteiger partial charge in [-0.25, -0.2) is 0 Å². The largest absolute Gasteiger partial charge is 0.356 e. The Balaban J connectivity index is 1.67. The predicted molar refractivity (Wildman–Crippen MR) is 89.7 cm³/mol. The maximum atomic E-state index is 4.34. The minimum Gasteiger partial charge on any atom is -0.356 e. The first-order valence-corrected chi connectivity index (χ1v) is 9.43. The van der Waals surface area contributed by atoms with Crippen LogP contribution in [0, 0.1) is 0 Å². The summed E-state index contributed by atoms with van der Waals surface area (Å²) >= 11 is 1.90. The van der Waals surface area contributed by atoms with Gasteiger partial charge in [0, 0.05) is 38.8 Å². The number of aliphatic imine (C=N–C) groups is 1. The molecule has 0 spiro atoms. The van der Waals surface area contributed by atoms with Gasteiger partial charge in [-0.15, -0.1) is 0 Å². The van der Waals surface area contributed by atoms with E-state index >= 15 is 0 Å². The third-order valence-electron chi connectivity index (χ3n) is 4.44. The van der Waals surface area contributed by atoms with Gasteiger partial charge in [-0.1, -0.05) is 12.8 Å². The molecule has 1 atom stereocenters. The second kappa shape index (κ2) is 8.78. The van der Waals surface area contributed by atoms with Gasteiger partial charge in [0.1, 0.15) is 0 Å². The fourth-order valence-electron chi connectivity index (χ4n) is 3.32. The molecule has 2 aliphatic rings. The van der Waals surface area contributed by atoms with Gasteiger partial charge in [-0.3, -0.25) is 9.89 Å². The van der Waals surface area contributed by atoms with Crippen LogP contribution in [0.2, 0.25) is 0 Å². The van der Waals surface area contributed by atoms with E-state index in [9.17, 15) is 0 Å². The van der Waals surface area contributed by atoms with Gasteiger partial charge in [0.05, 0.1) is 0 Å². The molecule has 5 heteroatoms. The number of hydrogen-bond acceptors (Lipinski definition) is 3. The molecule has 1 aliphatic heterocycles. The third-order valence-corrected chi connectivity index (χ3v) is 5.14. The van der Waals surface area contributed by atoms with Crippen LogP contribution in [0.4, 0.5) is 0 Å². The molecule has 0 aromatic heterocycles. The molecule has 2 N–H and O–H groups in total. The first kappa shape index (κ1) is 16.0. The summed E-state index contributed by atoms with van der Waals surface area (Å²) in [7, 11) is 1.87. The second-order valence-electron chi connectivity index (χ2n) is 5.91. The maximum Gasteiger partial charge on any atom is 0.191 e. The van der Waals surface area contributed by atoms with Crippen molar-refractivity contribution in [3.63, 3.8) is 0 Å². The maximum absolute atomic E-state index is 4.34. The Morgan fingerprint density at radius 2 is 2.10 bits per heavy atom. The summed E-state index contributed by atoms with van der Waals surface area (Å²) in [6.07, 6.45) is 10.3. The number of nitrogens with zero attached hydrogens (tertiary/aromatic N) is 2. The fourth-order valence-corrected chi connectivity index (χ4v) is 3.75. The lowest BCUT2D eigenvalue weighted by Gasteiger charge is -2.24. The molecule has 0 bridgehead atoms. The van der Waals surface area contributed by atoms with E-state index in [-0.39, 0.29) is 0 Å². The normalized spacial score (nSPS) is 25.3. The Labute approximate surface area is 128 Å². The SMILES string of the molecule is CN=C(NCCCSC)NC1CCN(C2CCCC2)C1. The highest BCUT2D eigenvalue weighted by molar-refractivity contribution is 7.98. The van der Waals surface area contributed by atoms with Gasteiger partial charge in [-0.05, 0) is 37.7 Å². The van der Waals surface area contributed by atoms with Gasteiger partial charge in [0.15, 0.2) is 5.96 Å². The highest BCUT2D eigenvalue weighted by Gasteiger charge is 2.30. The van der Waals surface area contributed by atoms with Crippen LogP contribution >= 0.6 is 11.8 Å². The number of guanidine groups is 1. The first-order chi connectivity index (χ1) is 9.83. The van der Waals surface area contributed by atoms with E-state index in [1.165, 1.54) is 57.4 Å². The number of rotatable bonds is 6. The van der Waals surface area contributed by atoms with E-state index in [1.807, 2.05) is 18.8 Å². The average Bonchev–Trinajstić information content (AvgIpc) is 3.12. The molecule has 0 amide bonds. The molecule has 1 aliphatic carbocycles. The van der Waals surface area contributed by atoms with Crippen molar-refractivity contribution in [3.05, 3.63) is 0 Å². The number of nitrogens with one attached hydrogen (secondary N) is 2. The van der Waals surface area contributed by atoms with Crippen LogP contribution in [0.5, 0.6) is 0 Å². The van der Waals surface area contributed by atoms with Crippen molar-refractivity contribution in [3.8, 4) is 0 Å². The molecule has 4 nitrogen and oxygen atoms in total. The topological polar surface area (TPSA) is 39.7 Å². The summed E-state index contributed by atoms with van der Waals surface area (Å²) in [4.78, 5) is 7.03. The van der Waals surface area contributed by atoms with Crippen LogP contribution in [-0.4, -0.2) is 61.6 Å². The van der Waals surface area contributed by atoms with E-state index in [0.717, 1.165) is 18.5 Å². The standard InChI is InChI=1S/C15H30N4S/c1-16-15(17-9-5-11-20-2)18-13-8-10-19(12-13)14-6-3-4-7-14/h13-14H,3-12H2,1-2H3,(H2,16,17,18). The Morgan fingerprint density at radius 3 is 2.80 bits per heavy atom. The zero-order valence-electron chi connectivity index (χ0n) is 13.0. The molecule has 1 saturated carbocycles. The van der Waals surface area contributed by atoms with Crippen LogP contribution in [-0.2, 0) is 0 Å². The Kier molecular flexibility index (Phi) is 7.00. The van der Waals surface area contributed by atoms with Gasteiger partial charge >= 0.3 is 0 Å². The predicted octanol–water partition coefficient (Wildman–Crippen LogP) is 1.92. The molecule has 2 rings (SSSR count). The van der Waals surface area contributed by atoms with E-state index in [0.29, 0.717) is 6.04 Å². The van der Waals surface area contributed by atoms with Crippen molar-refractivity contribution < 1.29 is 0 Å². The quantitative estimate of drug-likeness (QED) is 0.446. The molecule has 2 fully saturated rings. The molecule has 116 valence electrons. The van der Waals surface area contributed by atoms with Gasteiger partial charge < -0.3 is 10.6 Å². The van der Waals surface area contributed by atoms with Crippen LogP contribution in [0.25, 0.3) is 0 Å². The van der Waals surface area contributed by atoms with E-state index < -0.39 is 0 Å². The molecule has 1 heterocycles. The molecule has 0 radical (unpaired) electrons. The van der Waals surface area contributed by atoms with Crippen LogP contribution < -0.4 is 10.6 Å². The smallest absolute Gasteiger partial charge is 0.191 e. The van der Waals surface area contributed by atoms with E-state index in [1.54, 1.807) is 0 Å². The van der Waals surface area contributed by atoms with Crippen molar-refractivity contribution in [1.29, 1.82) is 0 Å². The summed E-state index contributed by atoms with van der Waals surface area (Å²) < 4.78 is 0. The lowest BCUT2D eigenvalue weighted by atomic mass is 10.2. The monoisotopic (exact) mass is 298 g/mol. The summed E-state index contributed by atoms with van der Waals surface area (Å²) in [6, 6.07) is 1.43. The Hall–Kier alpha value is -0.420. The Bertz CT molecular complexity index is 302. The molecular formula is C15H30N4S. The molecule has 20 heavy (non-hydrogen) atoms. The zero-order valence-corrected chi connectivity index (χ0v) is 13.8. The van der Waals surface area contributed by atoms with E-state index in [4.69, 9.17) is 0 Å². The van der Waals surface area contributed by atoms with Crippen molar-refractivity contribution in [2.75, 3.05) is 38.7 Å². The average molecular weight is 299 g/mol. The number of hydrogen-bond donors (Lipinski definition) is 2. The second-order valence-corrected chi connectivity index (χ2v) is 6.89. The highest BCUT2D eigenvalue weighted by atomic mass is 32.2. The van der Waals surface area contributed by atoms with Crippen LogP contribution in [0.3, 0.4) is 0 Å². The van der Waals surface area contributed by atoms with Crippen molar-refractivity contribution >= 4 is 17.7 Å². The van der Waals surface area contributed by atoms with Crippen LogP contribution in [0.15, 0.2) is 4.99 Å². The molecular weight excluding hydrogens is 268 g/mol. The highest BCUT2D eigenvalue weighted by Crippen LogP contribution is 2.26. The summed E-state index contributed by atoms with van der Waals surface area (Å²) in [5.41, 5.74) is 0. The van der Waals surface area contributed by atoms with Crippen molar-refractivity contribution in [2.24, 2.45) is 4.99 Å². The van der Waals surface area contributed by atoms with Crippen molar-refractivity contribution in [2.45, 2.75) is 50.6 Å². The van der Waals surface area contributed by atoms with Crippen molar-refractivity contribution in [1.82, 2.24) is 15.5 Å². The third kappa shape index (κ3) is 4.85. The zero-order chi connectivity index (χ0) is 14.2. The van der Waals surface area contributed by atoms with Gasteiger partial charge in [0.25, 0.3) is 0 Å². The lowest BCUT2D eigenvalue weighted by molar-refractivity contribution is 0.242. The Morgan fingerprint density at radius 1 is 1.30 bits per heavy atom. The van der Waals surface area contributed by atoms with Crippen LogP contribution in [0.1, 0.15) is 38.5 Å². The minimum absolute atomic E-state index is 0.572. The summed E-state index contributed by atoms with van der Waals surface area (Å²) in [5, 5.41) is 7.01. The van der Waals surface area contributed by atoms with E-state index in [2.05, 4.69) is 26.8 Å². The fraction of sp³-hybridized carbons (Fsp3) is 0.933. The number of thioether (sulfide) groups is 1. The number of likely N-dealkylation sites (tertiary alicyclic amines) is 1. The minimum atomic E-state index is 0.572. The van der Waals surface area contributed by atoms with Gasteiger partial charge in [-0.2, -0.15) is 11.8 Å². The summed E-state index contributed by atoms with van der Waals surface area (Å²) in [5.74, 6) is 2.19. The first-order valence-electron chi connectivity index (χ1n) is 8.03. The molecule has 1 saturated heterocycles.